The first-order valence-electron chi connectivity index (χ1n) is 5.78. The van der Waals surface area contributed by atoms with Crippen molar-refractivity contribution in [1.29, 1.82) is 0 Å². The van der Waals surface area contributed by atoms with Crippen molar-refractivity contribution in [3.63, 3.8) is 0 Å². The molecule has 5 heteroatoms. The van der Waals surface area contributed by atoms with E-state index in [-0.39, 0.29) is 16.3 Å². The predicted molar refractivity (Wildman–Crippen MR) is 74.9 cm³/mol. The summed E-state index contributed by atoms with van der Waals surface area (Å²) >= 11 is 12.0. The van der Waals surface area contributed by atoms with E-state index in [1.165, 1.54) is 0 Å². The van der Waals surface area contributed by atoms with Crippen LogP contribution < -0.4 is 5.56 Å². The van der Waals surface area contributed by atoms with E-state index in [1.54, 1.807) is 12.1 Å². The quantitative estimate of drug-likeness (QED) is 0.899. The van der Waals surface area contributed by atoms with Gasteiger partial charge in [0.25, 0.3) is 5.56 Å². The summed E-state index contributed by atoms with van der Waals surface area (Å²) < 4.78 is 0. The van der Waals surface area contributed by atoms with Crippen LogP contribution in [0.2, 0.25) is 10.0 Å². The molecule has 0 amide bonds. The Balaban J connectivity index is 2.74. The van der Waals surface area contributed by atoms with Gasteiger partial charge in [-0.1, -0.05) is 36.5 Å². The van der Waals surface area contributed by atoms with E-state index < -0.39 is 0 Å². The molecule has 3 nitrogen and oxygen atoms in total. The number of aromatic nitrogens is 1. The van der Waals surface area contributed by atoms with Gasteiger partial charge in [-0.05, 0) is 25.0 Å². The van der Waals surface area contributed by atoms with E-state index in [9.17, 15) is 9.90 Å². The van der Waals surface area contributed by atoms with Crippen molar-refractivity contribution in [2.24, 2.45) is 0 Å². The predicted octanol–water partition coefficient (Wildman–Crippen LogP) is 3.88. The average molecular weight is 286 g/mol. The molecule has 2 rings (SSSR count). The van der Waals surface area contributed by atoms with Crippen LogP contribution >= 0.6 is 23.2 Å². The lowest BCUT2D eigenvalue weighted by molar-refractivity contribution is 0.471. The van der Waals surface area contributed by atoms with Crippen molar-refractivity contribution in [1.82, 2.24) is 4.98 Å². The first kappa shape index (κ1) is 13.2. The number of rotatable bonds is 3. The number of fused-ring (bicyclic) bond motifs is 1. The molecule has 96 valence electrons. The van der Waals surface area contributed by atoms with Gasteiger partial charge < -0.3 is 10.1 Å². The molecule has 0 spiro atoms. The number of H-pyrrole nitrogens is 1. The van der Waals surface area contributed by atoms with Crippen LogP contribution in [0.25, 0.3) is 10.9 Å². The fourth-order valence-electron chi connectivity index (χ4n) is 1.93. The molecule has 2 aromatic rings. The number of hydrogen-bond donors (Lipinski definition) is 2. The molecule has 0 unspecified atom stereocenters. The van der Waals surface area contributed by atoms with Crippen molar-refractivity contribution in [2.75, 3.05) is 0 Å². The van der Waals surface area contributed by atoms with Crippen LogP contribution in [0.15, 0.2) is 16.9 Å². The van der Waals surface area contributed by atoms with Gasteiger partial charge in [-0.25, -0.2) is 0 Å². The Labute approximate surface area is 114 Å². The molecule has 1 aromatic heterocycles. The normalized spacial score (nSPS) is 11.1. The van der Waals surface area contributed by atoms with E-state index in [4.69, 9.17) is 23.2 Å². The molecular formula is C13H13Cl2NO2. The molecule has 18 heavy (non-hydrogen) atoms. The van der Waals surface area contributed by atoms with Gasteiger partial charge in [0, 0.05) is 0 Å². The summed E-state index contributed by atoms with van der Waals surface area (Å²) in [5, 5.41) is 11.2. The Morgan fingerprint density at radius 3 is 2.72 bits per heavy atom. The standard InChI is InChI=1S/C13H13Cl2NO2/c1-2-3-4-7-12(17)10-9(16-13(7)18)6-5-8(14)11(10)15/h5-6H,2-4H2,1H3,(H2,16,17,18). The van der Waals surface area contributed by atoms with Gasteiger partial charge in [-0.2, -0.15) is 0 Å². The number of pyridine rings is 1. The number of aromatic amines is 1. The van der Waals surface area contributed by atoms with E-state index in [1.807, 2.05) is 6.92 Å². The third kappa shape index (κ3) is 2.20. The fraction of sp³-hybridized carbons (Fsp3) is 0.308. The largest absolute Gasteiger partial charge is 0.507 e. The lowest BCUT2D eigenvalue weighted by atomic mass is 10.1. The minimum absolute atomic E-state index is 0.0605. The maximum Gasteiger partial charge on any atom is 0.255 e. The highest BCUT2D eigenvalue weighted by Crippen LogP contribution is 2.36. The van der Waals surface area contributed by atoms with Crippen LogP contribution in [0, 0.1) is 0 Å². The van der Waals surface area contributed by atoms with Crippen molar-refractivity contribution in [3.05, 3.63) is 38.1 Å². The molecule has 2 N–H and O–H groups in total. The SMILES string of the molecule is CCCCc1c(O)c2c(Cl)c(Cl)ccc2[nH]c1=O. The van der Waals surface area contributed by atoms with Gasteiger partial charge in [0.2, 0.25) is 0 Å². The number of unbranched alkanes of at least 4 members (excludes halogenated alkanes) is 1. The van der Waals surface area contributed by atoms with E-state index in [0.29, 0.717) is 27.9 Å². The minimum atomic E-state index is -0.271. The zero-order valence-corrected chi connectivity index (χ0v) is 11.4. The molecule has 0 aliphatic rings. The zero-order valence-electron chi connectivity index (χ0n) is 9.89. The lowest BCUT2D eigenvalue weighted by Gasteiger charge is -2.09. The third-order valence-electron chi connectivity index (χ3n) is 2.92. The Morgan fingerprint density at radius 1 is 1.33 bits per heavy atom. The molecule has 0 bridgehead atoms. The van der Waals surface area contributed by atoms with Crippen LogP contribution in [-0.4, -0.2) is 10.1 Å². The molecule has 0 saturated heterocycles. The first-order chi connectivity index (χ1) is 8.56. The average Bonchev–Trinajstić information content (AvgIpc) is 2.33. The van der Waals surface area contributed by atoms with Gasteiger partial charge in [0.05, 0.1) is 26.5 Å². The molecule has 1 aromatic carbocycles. The summed E-state index contributed by atoms with van der Waals surface area (Å²) in [5.74, 6) is -0.0605. The van der Waals surface area contributed by atoms with Crippen LogP contribution in [0.1, 0.15) is 25.3 Å². The fourth-order valence-corrected chi connectivity index (χ4v) is 2.34. The van der Waals surface area contributed by atoms with Crippen molar-refractivity contribution >= 4 is 34.1 Å². The van der Waals surface area contributed by atoms with Crippen molar-refractivity contribution < 1.29 is 5.11 Å². The molecule has 0 saturated carbocycles. The minimum Gasteiger partial charge on any atom is -0.507 e. The van der Waals surface area contributed by atoms with Gasteiger partial charge in [0.1, 0.15) is 5.75 Å². The van der Waals surface area contributed by atoms with E-state index >= 15 is 0 Å². The van der Waals surface area contributed by atoms with E-state index in [0.717, 1.165) is 12.8 Å². The van der Waals surface area contributed by atoms with Crippen LogP contribution in [-0.2, 0) is 6.42 Å². The zero-order chi connectivity index (χ0) is 13.3. The highest BCUT2D eigenvalue weighted by molar-refractivity contribution is 6.45. The van der Waals surface area contributed by atoms with Gasteiger partial charge in [0.15, 0.2) is 0 Å². The number of halogens is 2. The number of benzene rings is 1. The second kappa shape index (κ2) is 5.21. The Kier molecular flexibility index (Phi) is 3.83. The second-order valence-electron chi connectivity index (χ2n) is 4.17. The topological polar surface area (TPSA) is 53.1 Å². The Hall–Kier alpha value is -1.19. The van der Waals surface area contributed by atoms with Crippen LogP contribution in [0.5, 0.6) is 5.75 Å². The Bertz CT molecular complexity index is 649. The number of hydrogen-bond acceptors (Lipinski definition) is 2. The van der Waals surface area contributed by atoms with Gasteiger partial charge in [-0.15, -0.1) is 0 Å². The third-order valence-corrected chi connectivity index (χ3v) is 3.72. The Morgan fingerprint density at radius 2 is 2.06 bits per heavy atom. The highest BCUT2D eigenvalue weighted by Gasteiger charge is 2.15. The van der Waals surface area contributed by atoms with Crippen molar-refractivity contribution in [2.45, 2.75) is 26.2 Å². The lowest BCUT2D eigenvalue weighted by Crippen LogP contribution is -2.13. The van der Waals surface area contributed by atoms with Gasteiger partial charge >= 0.3 is 0 Å². The molecule has 0 aliphatic carbocycles. The summed E-state index contributed by atoms with van der Waals surface area (Å²) in [6.45, 7) is 2.02. The summed E-state index contributed by atoms with van der Waals surface area (Å²) in [6.07, 6.45) is 2.30. The molecule has 1 heterocycles. The van der Waals surface area contributed by atoms with Crippen LogP contribution in [0.4, 0.5) is 0 Å². The summed E-state index contributed by atoms with van der Waals surface area (Å²) in [7, 11) is 0. The maximum absolute atomic E-state index is 11.9. The summed E-state index contributed by atoms with van der Waals surface area (Å²) in [4.78, 5) is 14.6. The van der Waals surface area contributed by atoms with Crippen molar-refractivity contribution in [3.8, 4) is 5.75 Å². The maximum atomic E-state index is 11.9. The molecule has 0 radical (unpaired) electrons. The molecule has 0 atom stereocenters. The molecule has 0 aliphatic heterocycles. The second-order valence-corrected chi connectivity index (χ2v) is 4.95. The monoisotopic (exact) mass is 285 g/mol. The van der Waals surface area contributed by atoms with Crippen LogP contribution in [0.3, 0.4) is 0 Å². The molecule has 0 fully saturated rings. The molecular weight excluding hydrogens is 273 g/mol. The summed E-state index contributed by atoms with van der Waals surface area (Å²) in [5.41, 5.74) is 0.590. The van der Waals surface area contributed by atoms with Gasteiger partial charge in [-0.3, -0.25) is 4.79 Å². The highest BCUT2D eigenvalue weighted by atomic mass is 35.5. The smallest absolute Gasteiger partial charge is 0.255 e. The summed E-state index contributed by atoms with van der Waals surface area (Å²) in [6, 6.07) is 3.22. The number of nitrogens with one attached hydrogen (secondary N) is 1. The number of aromatic hydroxyl groups is 1. The van der Waals surface area contributed by atoms with E-state index in [2.05, 4.69) is 4.98 Å². The first-order valence-corrected chi connectivity index (χ1v) is 6.53.